The van der Waals surface area contributed by atoms with E-state index < -0.39 is 0 Å². The van der Waals surface area contributed by atoms with Crippen molar-refractivity contribution in [2.45, 2.75) is 19.4 Å². The van der Waals surface area contributed by atoms with Crippen LogP contribution in [0, 0.1) is 0 Å². The summed E-state index contributed by atoms with van der Waals surface area (Å²) in [5, 5.41) is 11.7. The molecule has 4 rings (SSSR count). The van der Waals surface area contributed by atoms with Crippen molar-refractivity contribution in [3.05, 3.63) is 77.6 Å². The molecule has 142 valence electrons. The highest BCUT2D eigenvalue weighted by Crippen LogP contribution is 2.34. The van der Waals surface area contributed by atoms with E-state index in [1.165, 1.54) is 0 Å². The molecule has 0 radical (unpaired) electrons. The molecular formula is C22H21ClN4O. The van der Waals surface area contributed by atoms with Crippen LogP contribution in [-0.2, 0) is 6.54 Å². The lowest BCUT2D eigenvalue weighted by molar-refractivity contribution is 0.443. The third-order valence-corrected chi connectivity index (χ3v) is 4.92. The molecule has 0 bridgehead atoms. The van der Waals surface area contributed by atoms with Gasteiger partial charge in [0.1, 0.15) is 11.5 Å². The number of hydrogen-bond acceptors (Lipinski definition) is 4. The Morgan fingerprint density at radius 2 is 1.93 bits per heavy atom. The molecule has 0 spiro atoms. The van der Waals surface area contributed by atoms with Crippen LogP contribution in [0.5, 0.6) is 5.75 Å². The van der Waals surface area contributed by atoms with Gasteiger partial charge in [-0.25, -0.2) is 0 Å². The molecule has 2 aromatic carbocycles. The fraction of sp³-hybridized carbons (Fsp3) is 0.182. The van der Waals surface area contributed by atoms with Gasteiger partial charge in [-0.15, -0.1) is 10.2 Å². The van der Waals surface area contributed by atoms with Crippen molar-refractivity contribution in [2.24, 2.45) is 0 Å². The number of benzene rings is 2. The number of nitrogens with zero attached hydrogens (tertiary/aromatic N) is 3. The molecule has 0 amide bonds. The number of halogens is 1. The Labute approximate surface area is 169 Å². The minimum atomic E-state index is 0.414. The molecule has 3 aromatic rings. The van der Waals surface area contributed by atoms with E-state index >= 15 is 0 Å². The molecule has 5 nitrogen and oxygen atoms in total. The van der Waals surface area contributed by atoms with Crippen LogP contribution in [-0.4, -0.2) is 21.8 Å². The Morgan fingerprint density at radius 3 is 2.75 bits per heavy atom. The van der Waals surface area contributed by atoms with Gasteiger partial charge in [0.2, 0.25) is 5.28 Å². The van der Waals surface area contributed by atoms with E-state index in [-0.39, 0.29) is 0 Å². The first kappa shape index (κ1) is 18.3. The number of fused-ring (bicyclic) bond motifs is 1. The van der Waals surface area contributed by atoms with E-state index in [0.717, 1.165) is 53.5 Å². The van der Waals surface area contributed by atoms with Crippen molar-refractivity contribution in [1.82, 2.24) is 14.8 Å². The van der Waals surface area contributed by atoms with Gasteiger partial charge in [0, 0.05) is 30.9 Å². The van der Waals surface area contributed by atoms with Crippen LogP contribution in [0.1, 0.15) is 18.7 Å². The van der Waals surface area contributed by atoms with Gasteiger partial charge in [-0.05, 0) is 60.4 Å². The second-order valence-electron chi connectivity index (χ2n) is 6.49. The molecule has 1 N–H and O–H groups in total. The Morgan fingerprint density at radius 1 is 1.07 bits per heavy atom. The zero-order chi connectivity index (χ0) is 19.3. The van der Waals surface area contributed by atoms with Gasteiger partial charge in [-0.2, -0.15) is 0 Å². The fourth-order valence-corrected chi connectivity index (χ4v) is 3.37. The zero-order valence-corrected chi connectivity index (χ0v) is 16.4. The van der Waals surface area contributed by atoms with Gasteiger partial charge < -0.3 is 10.1 Å². The lowest BCUT2D eigenvalue weighted by Gasteiger charge is -2.14. The first-order valence-corrected chi connectivity index (χ1v) is 9.64. The molecule has 0 fully saturated rings. The number of allylic oxidation sites excluding steroid dienone is 2. The van der Waals surface area contributed by atoms with Gasteiger partial charge in [0.05, 0.1) is 0 Å². The van der Waals surface area contributed by atoms with Crippen molar-refractivity contribution >= 4 is 23.4 Å². The number of rotatable bonds is 4. The summed E-state index contributed by atoms with van der Waals surface area (Å²) in [4.78, 5) is 0. The quantitative estimate of drug-likeness (QED) is 0.645. The van der Waals surface area contributed by atoms with Crippen molar-refractivity contribution < 1.29 is 4.74 Å². The molecule has 28 heavy (non-hydrogen) atoms. The monoisotopic (exact) mass is 392 g/mol. The number of hydrogen-bond donors (Lipinski definition) is 1. The lowest BCUT2D eigenvalue weighted by Crippen LogP contribution is -2.00. The normalized spacial score (nSPS) is 13.7. The molecular weight excluding hydrogens is 372 g/mol. The van der Waals surface area contributed by atoms with E-state index in [0.29, 0.717) is 5.28 Å². The number of nitrogens with one attached hydrogen (secondary N) is 1. The van der Waals surface area contributed by atoms with Gasteiger partial charge in [-0.1, -0.05) is 30.3 Å². The highest BCUT2D eigenvalue weighted by Gasteiger charge is 2.12. The first-order chi connectivity index (χ1) is 13.7. The van der Waals surface area contributed by atoms with Crippen LogP contribution < -0.4 is 10.1 Å². The van der Waals surface area contributed by atoms with Crippen LogP contribution in [0.25, 0.3) is 17.2 Å². The maximum absolute atomic E-state index is 6.34. The fourth-order valence-electron chi connectivity index (χ4n) is 3.16. The van der Waals surface area contributed by atoms with E-state index in [2.05, 4.69) is 39.8 Å². The third kappa shape index (κ3) is 3.94. The minimum Gasteiger partial charge on any atom is -0.457 e. The van der Waals surface area contributed by atoms with Gasteiger partial charge >= 0.3 is 0 Å². The van der Waals surface area contributed by atoms with Crippen LogP contribution in [0.15, 0.2) is 66.4 Å². The van der Waals surface area contributed by atoms with Crippen molar-refractivity contribution in [3.8, 4) is 16.9 Å². The second-order valence-corrected chi connectivity index (χ2v) is 6.83. The van der Waals surface area contributed by atoms with Gasteiger partial charge in [0.15, 0.2) is 5.82 Å². The zero-order valence-electron chi connectivity index (χ0n) is 15.6. The molecule has 6 heteroatoms. The summed E-state index contributed by atoms with van der Waals surface area (Å²) in [5.74, 6) is 2.30. The summed E-state index contributed by atoms with van der Waals surface area (Å²) in [6.07, 6.45) is 7.72. The SMILES string of the molecule is CNc1ccc(-c2ccccc2)c(OC2=CCCCn3c(Cl)nnc3C=C2)c1. The average molecular weight is 393 g/mol. The Balaban J connectivity index is 1.68. The van der Waals surface area contributed by atoms with Crippen molar-refractivity contribution in [2.75, 3.05) is 12.4 Å². The number of aromatic nitrogens is 3. The highest BCUT2D eigenvalue weighted by molar-refractivity contribution is 6.28. The molecule has 0 aliphatic carbocycles. The minimum absolute atomic E-state index is 0.414. The molecule has 0 unspecified atom stereocenters. The largest absolute Gasteiger partial charge is 0.457 e. The van der Waals surface area contributed by atoms with Gasteiger partial charge in [0.25, 0.3) is 0 Å². The molecule has 0 saturated carbocycles. The van der Waals surface area contributed by atoms with Crippen molar-refractivity contribution in [1.29, 1.82) is 0 Å². The molecule has 0 atom stereocenters. The first-order valence-electron chi connectivity index (χ1n) is 9.26. The molecule has 1 aliphatic rings. The van der Waals surface area contributed by atoms with Crippen LogP contribution in [0.4, 0.5) is 5.69 Å². The summed E-state index contributed by atoms with van der Waals surface area (Å²) in [7, 11) is 1.90. The molecule has 1 aromatic heterocycles. The van der Waals surface area contributed by atoms with Gasteiger partial charge in [-0.3, -0.25) is 4.57 Å². The van der Waals surface area contributed by atoms with E-state index in [4.69, 9.17) is 16.3 Å². The van der Waals surface area contributed by atoms with Crippen molar-refractivity contribution in [3.63, 3.8) is 0 Å². The van der Waals surface area contributed by atoms with Crippen LogP contribution in [0.2, 0.25) is 5.28 Å². The third-order valence-electron chi connectivity index (χ3n) is 4.65. The number of ether oxygens (including phenoxy) is 1. The summed E-state index contributed by atoms with van der Waals surface area (Å²) < 4.78 is 8.25. The van der Waals surface area contributed by atoms with Crippen LogP contribution >= 0.6 is 11.6 Å². The number of anilines is 1. The second kappa shape index (κ2) is 8.31. The molecule has 0 saturated heterocycles. The Bertz CT molecular complexity index is 1020. The highest BCUT2D eigenvalue weighted by atomic mass is 35.5. The summed E-state index contributed by atoms with van der Waals surface area (Å²) in [6, 6.07) is 16.4. The standard InChI is InChI=1S/C22H21ClN4O/c1-24-17-10-12-19(16-7-3-2-4-8-16)20(15-17)28-18-9-5-6-14-27-21(13-11-18)25-26-22(27)23/h2-4,7-13,15,24H,5-6,14H2,1H3. The summed E-state index contributed by atoms with van der Waals surface area (Å²) >= 11 is 6.13. The molecule has 1 aliphatic heterocycles. The lowest BCUT2D eigenvalue weighted by atomic mass is 10.0. The smallest absolute Gasteiger partial charge is 0.225 e. The summed E-state index contributed by atoms with van der Waals surface area (Å²) in [5.41, 5.74) is 3.15. The maximum Gasteiger partial charge on any atom is 0.225 e. The van der Waals surface area contributed by atoms with E-state index in [9.17, 15) is 0 Å². The molecule has 2 heterocycles. The van der Waals surface area contributed by atoms with Crippen LogP contribution in [0.3, 0.4) is 0 Å². The maximum atomic E-state index is 6.34. The Hall–Kier alpha value is -3.05. The average Bonchev–Trinajstić information content (AvgIpc) is 3.12. The van der Waals surface area contributed by atoms with E-state index in [1.807, 2.05) is 54.1 Å². The summed E-state index contributed by atoms with van der Waals surface area (Å²) in [6.45, 7) is 0.778. The predicted molar refractivity (Wildman–Crippen MR) is 113 cm³/mol. The topological polar surface area (TPSA) is 52.0 Å². The Kier molecular flexibility index (Phi) is 5.44. The van der Waals surface area contributed by atoms with E-state index in [1.54, 1.807) is 0 Å². The predicted octanol–water partition coefficient (Wildman–Crippen LogP) is 5.41.